The zero-order valence-corrected chi connectivity index (χ0v) is 22.0. The quantitative estimate of drug-likeness (QED) is 0.119. The molecule has 0 radical (unpaired) electrons. The molecule has 0 aliphatic heterocycles. The molecule has 0 bridgehead atoms. The Kier molecular flexibility index (Phi) is 11.0. The first-order valence-corrected chi connectivity index (χ1v) is 12.7. The van der Waals surface area contributed by atoms with E-state index in [9.17, 15) is 14.0 Å². The maximum Gasteiger partial charge on any atom is 0.335 e. The Morgan fingerprint density at radius 3 is 2.49 bits per heavy atom. The van der Waals surface area contributed by atoms with Gasteiger partial charge in [0, 0.05) is 17.9 Å². The molecule has 0 saturated heterocycles. The van der Waals surface area contributed by atoms with E-state index in [0.29, 0.717) is 18.7 Å². The smallest absolute Gasteiger partial charge is 0.335 e. The number of nitrogens with two attached hydrogens (primary N) is 1. The van der Waals surface area contributed by atoms with E-state index < -0.39 is 11.8 Å². The number of benzene rings is 3. The van der Waals surface area contributed by atoms with E-state index in [4.69, 9.17) is 10.8 Å². The molecule has 1 aliphatic carbocycles. The van der Waals surface area contributed by atoms with Crippen molar-refractivity contribution in [1.29, 1.82) is 0 Å². The van der Waals surface area contributed by atoms with Crippen LogP contribution in [0.15, 0.2) is 96.7 Å². The first-order chi connectivity index (χ1) is 18.8. The third kappa shape index (κ3) is 9.52. The van der Waals surface area contributed by atoms with Crippen LogP contribution in [0.4, 0.5) is 15.8 Å². The Morgan fingerprint density at radius 2 is 1.85 bits per heavy atom. The zero-order valence-electron chi connectivity index (χ0n) is 22.0. The fourth-order valence-corrected chi connectivity index (χ4v) is 3.94. The van der Waals surface area contributed by atoms with Crippen LogP contribution in [0.1, 0.15) is 42.5 Å². The zero-order chi connectivity index (χ0) is 28.2. The molecule has 1 atom stereocenters. The summed E-state index contributed by atoms with van der Waals surface area (Å²) in [5.41, 5.74) is 10.5. The third-order valence-corrected chi connectivity index (χ3v) is 6.15. The Morgan fingerprint density at radius 1 is 1.10 bits per heavy atom. The van der Waals surface area contributed by atoms with E-state index in [-0.39, 0.29) is 17.3 Å². The molecular formula is C31H35FN4O3. The van der Waals surface area contributed by atoms with E-state index in [1.807, 2.05) is 42.5 Å². The number of aliphatic carboxylic acids is 1. The van der Waals surface area contributed by atoms with E-state index in [2.05, 4.69) is 34.7 Å². The Hall–Kier alpha value is -4.27. The van der Waals surface area contributed by atoms with Crippen LogP contribution in [0.2, 0.25) is 0 Å². The molecule has 1 amide bonds. The van der Waals surface area contributed by atoms with E-state index in [1.165, 1.54) is 25.0 Å². The summed E-state index contributed by atoms with van der Waals surface area (Å²) in [5, 5.41) is 17.8. The van der Waals surface area contributed by atoms with Crippen molar-refractivity contribution in [3.63, 3.8) is 0 Å². The number of carboxylic acids is 1. The number of hydrogen-bond acceptors (Lipinski definition) is 5. The molecule has 7 nitrogen and oxygen atoms in total. The topological polar surface area (TPSA) is 116 Å². The van der Waals surface area contributed by atoms with Gasteiger partial charge in [0.15, 0.2) is 0 Å². The second kappa shape index (κ2) is 14.6. The van der Waals surface area contributed by atoms with Gasteiger partial charge in [-0.3, -0.25) is 4.79 Å². The van der Waals surface area contributed by atoms with Crippen LogP contribution >= 0.6 is 0 Å². The third-order valence-electron chi connectivity index (χ3n) is 6.15. The summed E-state index contributed by atoms with van der Waals surface area (Å²) in [6.07, 6.45) is 4.53. The summed E-state index contributed by atoms with van der Waals surface area (Å²) in [7, 11) is 0. The second-order valence-electron chi connectivity index (χ2n) is 9.38. The summed E-state index contributed by atoms with van der Waals surface area (Å²) in [6.45, 7) is 6.64. The van der Waals surface area contributed by atoms with Crippen molar-refractivity contribution in [1.82, 2.24) is 5.32 Å². The number of hydrogen-bond donors (Lipinski definition) is 5. The SMILES string of the molecule is C=C(/C=C(/C)Nc1cccc(CN)c1)C(=O)O.O=CNc1cc(C(NCC2CC2)c2ccccc2)ccc1F. The number of amides is 1. The molecule has 204 valence electrons. The first-order valence-electron chi connectivity index (χ1n) is 12.7. The lowest BCUT2D eigenvalue weighted by molar-refractivity contribution is -0.132. The lowest BCUT2D eigenvalue weighted by atomic mass is 9.98. The number of halogens is 1. The van der Waals surface area contributed by atoms with E-state index >= 15 is 0 Å². The van der Waals surface area contributed by atoms with Crippen LogP contribution in [-0.2, 0) is 16.1 Å². The minimum atomic E-state index is -1.03. The summed E-state index contributed by atoms with van der Waals surface area (Å²) in [5.74, 6) is -0.703. The molecule has 1 aliphatic rings. The van der Waals surface area contributed by atoms with Gasteiger partial charge < -0.3 is 26.8 Å². The Balaban J connectivity index is 0.000000224. The van der Waals surface area contributed by atoms with Crippen LogP contribution in [0.5, 0.6) is 0 Å². The highest BCUT2D eigenvalue weighted by Gasteiger charge is 2.23. The van der Waals surface area contributed by atoms with Gasteiger partial charge in [-0.25, -0.2) is 9.18 Å². The van der Waals surface area contributed by atoms with E-state index in [0.717, 1.165) is 34.8 Å². The molecular weight excluding hydrogens is 495 g/mol. The number of carbonyl (C=O) groups is 2. The second-order valence-corrected chi connectivity index (χ2v) is 9.38. The van der Waals surface area contributed by atoms with Gasteiger partial charge in [0.05, 0.1) is 17.3 Å². The highest BCUT2D eigenvalue weighted by Crippen LogP contribution is 2.31. The molecule has 6 N–H and O–H groups in total. The van der Waals surface area contributed by atoms with Crippen molar-refractivity contribution in [2.45, 2.75) is 32.4 Å². The van der Waals surface area contributed by atoms with Gasteiger partial charge >= 0.3 is 5.97 Å². The molecule has 4 rings (SSSR count). The average molecular weight is 531 g/mol. The molecule has 0 aromatic heterocycles. The van der Waals surface area contributed by atoms with E-state index in [1.54, 1.807) is 19.1 Å². The fourth-order valence-electron chi connectivity index (χ4n) is 3.94. The molecule has 8 heteroatoms. The first kappa shape index (κ1) is 29.3. The molecule has 3 aromatic rings. The Labute approximate surface area is 228 Å². The van der Waals surface area contributed by atoms with Gasteiger partial charge in [0.2, 0.25) is 6.41 Å². The summed E-state index contributed by atoms with van der Waals surface area (Å²) >= 11 is 0. The molecule has 39 heavy (non-hydrogen) atoms. The van der Waals surface area contributed by atoms with Crippen molar-refractivity contribution in [3.05, 3.63) is 119 Å². The van der Waals surface area contributed by atoms with Crippen molar-refractivity contribution in [3.8, 4) is 0 Å². The van der Waals surface area contributed by atoms with Crippen molar-refractivity contribution in [2.24, 2.45) is 11.7 Å². The summed E-state index contributed by atoms with van der Waals surface area (Å²) in [6, 6.07) is 22.6. The molecule has 1 fully saturated rings. The largest absolute Gasteiger partial charge is 0.478 e. The Bertz CT molecular complexity index is 1310. The number of carbonyl (C=O) groups excluding carboxylic acids is 1. The van der Waals surface area contributed by atoms with Crippen molar-refractivity contribution < 1.29 is 19.1 Å². The minimum Gasteiger partial charge on any atom is -0.478 e. The lowest BCUT2D eigenvalue weighted by Crippen LogP contribution is -2.24. The molecule has 1 unspecified atom stereocenters. The van der Waals surface area contributed by atoms with Crippen LogP contribution in [0.3, 0.4) is 0 Å². The highest BCUT2D eigenvalue weighted by atomic mass is 19.1. The summed E-state index contributed by atoms with van der Waals surface area (Å²) in [4.78, 5) is 21.2. The predicted octanol–water partition coefficient (Wildman–Crippen LogP) is 5.58. The number of nitrogens with one attached hydrogen (secondary N) is 3. The van der Waals surface area contributed by atoms with Crippen molar-refractivity contribution >= 4 is 23.8 Å². The fraction of sp³-hybridized carbons (Fsp3) is 0.226. The minimum absolute atomic E-state index is 0.00500. The maximum absolute atomic E-state index is 13.7. The predicted molar refractivity (Wildman–Crippen MR) is 154 cm³/mol. The molecule has 0 spiro atoms. The van der Waals surface area contributed by atoms with Crippen LogP contribution in [0.25, 0.3) is 0 Å². The van der Waals surface area contributed by atoms with Crippen molar-refractivity contribution in [2.75, 3.05) is 17.2 Å². The van der Waals surface area contributed by atoms with Gasteiger partial charge in [-0.1, -0.05) is 55.1 Å². The van der Waals surface area contributed by atoms with Crippen LogP contribution < -0.4 is 21.7 Å². The van der Waals surface area contributed by atoms with Crippen LogP contribution in [-0.4, -0.2) is 24.0 Å². The molecule has 0 heterocycles. The lowest BCUT2D eigenvalue weighted by Gasteiger charge is -2.20. The standard InChI is InChI=1S/C18H19FN2O.C13H16N2O2/c19-16-9-8-15(10-17(16)21-12-22)18(20-11-13-6-7-13)14-4-2-1-3-5-14;1-9(13(16)17)6-10(2)15-12-5-3-4-11(7-12)8-14/h1-5,8-10,12-13,18,20H,6-7,11H2,(H,21,22);3-7,15H,1,8,14H2,2H3,(H,16,17)/b;10-6-. The number of carboxylic acid groups (broad SMARTS) is 1. The van der Waals surface area contributed by atoms with Gasteiger partial charge in [-0.05, 0) is 79.3 Å². The summed E-state index contributed by atoms with van der Waals surface area (Å²) < 4.78 is 13.7. The highest BCUT2D eigenvalue weighted by molar-refractivity contribution is 5.89. The monoisotopic (exact) mass is 530 g/mol. The molecule has 3 aromatic carbocycles. The van der Waals surface area contributed by atoms with Gasteiger partial charge in [-0.2, -0.15) is 0 Å². The van der Waals surface area contributed by atoms with Crippen LogP contribution in [0, 0.1) is 11.7 Å². The molecule has 1 saturated carbocycles. The number of allylic oxidation sites excluding steroid dienone is 1. The van der Waals surface area contributed by atoms with Gasteiger partial charge in [0.1, 0.15) is 5.82 Å². The van der Waals surface area contributed by atoms with Gasteiger partial charge in [-0.15, -0.1) is 0 Å². The van der Waals surface area contributed by atoms with Gasteiger partial charge in [0.25, 0.3) is 0 Å². The number of anilines is 2. The maximum atomic E-state index is 13.7. The number of rotatable bonds is 12. The average Bonchev–Trinajstić information content (AvgIpc) is 3.76. The normalized spacial score (nSPS) is 13.5.